The van der Waals surface area contributed by atoms with Crippen molar-refractivity contribution in [3.8, 4) is 11.4 Å². The van der Waals surface area contributed by atoms with E-state index >= 15 is 0 Å². The van der Waals surface area contributed by atoms with Crippen LogP contribution in [0.1, 0.15) is 46.3 Å². The third-order valence-corrected chi connectivity index (χ3v) is 5.68. The average Bonchev–Trinajstić information content (AvgIpc) is 3.55. The van der Waals surface area contributed by atoms with Crippen LogP contribution in [-0.4, -0.2) is 39.3 Å². The van der Waals surface area contributed by atoms with E-state index in [2.05, 4.69) is 25.9 Å². The zero-order valence-electron chi connectivity index (χ0n) is 18.0. The Balaban J connectivity index is 1.38. The Hall–Kier alpha value is -3.56. The van der Waals surface area contributed by atoms with Crippen molar-refractivity contribution in [1.82, 2.24) is 25.1 Å². The largest absolute Gasteiger partial charge is 0.380 e. The fourth-order valence-corrected chi connectivity index (χ4v) is 3.93. The summed E-state index contributed by atoms with van der Waals surface area (Å²) in [7, 11) is 1.64. The average molecular weight is 432 g/mol. The van der Waals surface area contributed by atoms with Gasteiger partial charge in [-0.05, 0) is 49.6 Å². The topological polar surface area (TPSA) is 107 Å². The second-order valence-corrected chi connectivity index (χ2v) is 7.95. The number of benzene rings is 1. The van der Waals surface area contributed by atoms with Gasteiger partial charge >= 0.3 is 0 Å². The number of hydrogen-bond acceptors (Lipinski definition) is 7. The zero-order valence-corrected chi connectivity index (χ0v) is 18.0. The smallest absolute Gasteiger partial charge is 0.259 e. The predicted octanol–water partition coefficient (Wildman–Crippen LogP) is 3.52. The number of hydrogen-bond donors (Lipinski definition) is 2. The van der Waals surface area contributed by atoms with Gasteiger partial charge in [0.05, 0.1) is 29.9 Å². The lowest BCUT2D eigenvalue weighted by Gasteiger charge is -2.09. The maximum atomic E-state index is 13.0. The van der Waals surface area contributed by atoms with E-state index in [4.69, 9.17) is 9.26 Å². The molecule has 9 nitrogen and oxygen atoms in total. The molecule has 1 aliphatic rings. The zero-order chi connectivity index (χ0) is 22.1. The Kier molecular flexibility index (Phi) is 5.42. The number of aromatic nitrogens is 4. The van der Waals surface area contributed by atoms with Crippen LogP contribution in [0.5, 0.6) is 0 Å². The summed E-state index contributed by atoms with van der Waals surface area (Å²) in [5.41, 5.74) is 4.60. The molecule has 4 heterocycles. The van der Waals surface area contributed by atoms with E-state index in [0.29, 0.717) is 29.6 Å². The lowest BCUT2D eigenvalue weighted by atomic mass is 10.1. The Morgan fingerprint density at radius 3 is 3.06 bits per heavy atom. The van der Waals surface area contributed by atoms with Gasteiger partial charge < -0.3 is 19.9 Å². The monoisotopic (exact) mass is 432 g/mol. The molecule has 1 saturated heterocycles. The van der Waals surface area contributed by atoms with Crippen molar-refractivity contribution in [1.29, 1.82) is 0 Å². The van der Waals surface area contributed by atoms with Crippen molar-refractivity contribution < 1.29 is 14.1 Å². The molecule has 3 aromatic heterocycles. The van der Waals surface area contributed by atoms with E-state index in [1.807, 2.05) is 43.5 Å². The molecule has 0 bridgehead atoms. The molecule has 0 aliphatic carbocycles. The summed E-state index contributed by atoms with van der Waals surface area (Å²) < 4.78 is 12.3. The van der Waals surface area contributed by atoms with Gasteiger partial charge in [-0.15, -0.1) is 0 Å². The molecule has 0 saturated carbocycles. The van der Waals surface area contributed by atoms with Crippen molar-refractivity contribution in [2.45, 2.75) is 32.4 Å². The van der Waals surface area contributed by atoms with E-state index in [-0.39, 0.29) is 11.9 Å². The third-order valence-electron chi connectivity index (χ3n) is 5.68. The van der Waals surface area contributed by atoms with Crippen molar-refractivity contribution in [2.24, 2.45) is 0 Å². The first-order chi connectivity index (χ1) is 15.6. The summed E-state index contributed by atoms with van der Waals surface area (Å²) in [5.74, 6) is 0.873. The summed E-state index contributed by atoms with van der Waals surface area (Å²) in [5, 5.41) is 14.8. The first-order valence-corrected chi connectivity index (χ1v) is 10.6. The number of nitrogens with zero attached hydrogens (tertiary/aromatic N) is 4. The van der Waals surface area contributed by atoms with Gasteiger partial charge in [0.2, 0.25) is 11.7 Å². The highest BCUT2D eigenvalue weighted by Gasteiger charge is 2.23. The van der Waals surface area contributed by atoms with Crippen LogP contribution >= 0.6 is 0 Å². The van der Waals surface area contributed by atoms with Crippen LogP contribution in [0.15, 0.2) is 47.2 Å². The van der Waals surface area contributed by atoms with Crippen molar-refractivity contribution >= 4 is 17.1 Å². The van der Waals surface area contributed by atoms with Crippen LogP contribution in [0.25, 0.3) is 16.9 Å². The van der Waals surface area contributed by atoms with Gasteiger partial charge in [-0.2, -0.15) is 10.1 Å². The molecule has 1 aliphatic heterocycles. The van der Waals surface area contributed by atoms with E-state index in [0.717, 1.165) is 41.6 Å². The molecule has 32 heavy (non-hydrogen) atoms. The molecule has 1 atom stereocenters. The molecule has 1 fully saturated rings. The lowest BCUT2D eigenvalue weighted by molar-refractivity contribution is 0.102. The highest BCUT2D eigenvalue weighted by Crippen LogP contribution is 2.27. The summed E-state index contributed by atoms with van der Waals surface area (Å²) in [6, 6.07) is 9.64. The van der Waals surface area contributed by atoms with Crippen LogP contribution in [0, 0.1) is 6.92 Å². The second-order valence-electron chi connectivity index (χ2n) is 7.95. The molecule has 4 aromatic rings. The normalized spacial score (nSPS) is 16.0. The van der Waals surface area contributed by atoms with Crippen LogP contribution < -0.4 is 10.6 Å². The summed E-state index contributed by atoms with van der Waals surface area (Å²) in [6.45, 7) is 3.38. The number of methoxy groups -OCH3 is 1. The fourth-order valence-electron chi connectivity index (χ4n) is 3.93. The van der Waals surface area contributed by atoms with Gasteiger partial charge in [-0.25, -0.2) is 4.52 Å². The number of carbonyl (C=O) groups excluding carboxylic acids is 1. The number of pyridine rings is 1. The minimum absolute atomic E-state index is 0.112. The minimum atomic E-state index is -0.233. The lowest BCUT2D eigenvalue weighted by Crippen LogP contribution is -2.13. The molecule has 164 valence electrons. The van der Waals surface area contributed by atoms with E-state index < -0.39 is 0 Å². The van der Waals surface area contributed by atoms with Gasteiger partial charge in [-0.3, -0.25) is 4.79 Å². The van der Waals surface area contributed by atoms with Crippen LogP contribution in [0.3, 0.4) is 0 Å². The van der Waals surface area contributed by atoms with E-state index in [1.54, 1.807) is 17.8 Å². The Labute approximate surface area is 184 Å². The van der Waals surface area contributed by atoms with Crippen molar-refractivity contribution in [3.63, 3.8) is 0 Å². The quantitative estimate of drug-likeness (QED) is 0.480. The summed E-state index contributed by atoms with van der Waals surface area (Å²) >= 11 is 0. The number of amides is 1. The van der Waals surface area contributed by atoms with Crippen molar-refractivity contribution in [2.75, 3.05) is 19.0 Å². The van der Waals surface area contributed by atoms with Crippen LogP contribution in [-0.2, 0) is 11.3 Å². The fraction of sp³-hybridized carbons (Fsp3) is 0.304. The maximum Gasteiger partial charge on any atom is 0.259 e. The highest BCUT2D eigenvalue weighted by molar-refractivity contribution is 6.09. The number of ether oxygens (including phenoxy) is 1. The molecular formula is C23H24N6O3. The summed E-state index contributed by atoms with van der Waals surface area (Å²) in [6.07, 6.45) is 5.51. The van der Waals surface area contributed by atoms with Gasteiger partial charge in [0.15, 0.2) is 0 Å². The van der Waals surface area contributed by atoms with Crippen LogP contribution in [0.2, 0.25) is 0 Å². The van der Waals surface area contributed by atoms with Crippen LogP contribution in [0.4, 0.5) is 5.69 Å². The van der Waals surface area contributed by atoms with Gasteiger partial charge in [0.1, 0.15) is 0 Å². The molecule has 5 rings (SSSR count). The molecule has 9 heteroatoms. The number of aryl methyl sites for hydroxylation is 1. The van der Waals surface area contributed by atoms with E-state index in [9.17, 15) is 4.79 Å². The Morgan fingerprint density at radius 1 is 1.34 bits per heavy atom. The molecule has 0 unspecified atom stereocenters. The van der Waals surface area contributed by atoms with Gasteiger partial charge in [0.25, 0.3) is 5.91 Å². The number of nitrogens with one attached hydrogen (secondary N) is 2. The number of anilines is 1. The molecule has 0 radical (unpaired) electrons. The molecule has 1 amide bonds. The maximum absolute atomic E-state index is 13.0. The number of rotatable bonds is 6. The minimum Gasteiger partial charge on any atom is -0.380 e. The van der Waals surface area contributed by atoms with Crippen molar-refractivity contribution in [3.05, 3.63) is 65.3 Å². The molecule has 2 N–H and O–H groups in total. The predicted molar refractivity (Wildman–Crippen MR) is 118 cm³/mol. The Morgan fingerprint density at radius 2 is 2.25 bits per heavy atom. The van der Waals surface area contributed by atoms with Gasteiger partial charge in [-0.1, -0.05) is 23.4 Å². The Bertz CT molecular complexity index is 1270. The third kappa shape index (κ3) is 3.88. The standard InChI is InChI=1S/C23H24N6O3/c1-14-5-7-16(21-27-23(32-28-21)18-4-3-9-24-18)10-19(14)26-22(30)17-11-25-29-12-15(13-31-2)6-8-20(17)29/h5-8,10-12,18,24H,3-4,9,13H2,1-2H3,(H,26,30)/t18-/m0/s1. The van der Waals surface area contributed by atoms with E-state index in [1.165, 1.54) is 0 Å². The molecular weight excluding hydrogens is 408 g/mol. The number of fused-ring (bicyclic) bond motifs is 1. The first-order valence-electron chi connectivity index (χ1n) is 10.6. The van der Waals surface area contributed by atoms with Gasteiger partial charge in [0, 0.05) is 24.6 Å². The highest BCUT2D eigenvalue weighted by atomic mass is 16.5. The SMILES string of the molecule is COCc1ccc2c(C(=O)Nc3cc(-c4noc([C@@H]5CCCN5)n4)ccc3C)cnn2c1. The molecule has 0 spiro atoms. The molecule has 1 aromatic carbocycles. The summed E-state index contributed by atoms with van der Waals surface area (Å²) in [4.78, 5) is 17.6. The first kappa shape index (κ1) is 20.3. The number of carbonyl (C=O) groups is 1. The second kappa shape index (κ2) is 8.52.